The smallest absolute Gasteiger partial charge is 0.118 e. The summed E-state index contributed by atoms with van der Waals surface area (Å²) in [6, 6.07) is 19.0. The summed E-state index contributed by atoms with van der Waals surface area (Å²) in [5, 5.41) is 7.49. The van der Waals surface area contributed by atoms with E-state index in [9.17, 15) is 0 Å². The van der Waals surface area contributed by atoms with Gasteiger partial charge in [-0.25, -0.2) is 0 Å². The van der Waals surface area contributed by atoms with Gasteiger partial charge in [0.2, 0.25) is 0 Å². The monoisotopic (exact) mass is 418 g/mol. The van der Waals surface area contributed by atoms with E-state index in [2.05, 4.69) is 81.6 Å². The van der Waals surface area contributed by atoms with Gasteiger partial charge in [-0.05, 0) is 62.0 Å². The first kappa shape index (κ1) is 21.6. The number of methoxy groups -OCH3 is 1. The van der Waals surface area contributed by atoms with E-state index in [1.165, 1.54) is 42.6 Å². The fraction of sp³-hybridized carbons (Fsp3) is 0.423. The Morgan fingerprint density at radius 3 is 2.71 bits per heavy atom. The molecular weight excluding hydrogens is 384 g/mol. The SMILES string of the molecule is COc1ccc(CCN2CCC[C@@H](CN(C)Cc3cn[nH]c3-c3ccccc3)C2)cc1. The summed E-state index contributed by atoms with van der Waals surface area (Å²) >= 11 is 0. The number of hydrogen-bond donors (Lipinski definition) is 1. The maximum Gasteiger partial charge on any atom is 0.118 e. The molecule has 3 aromatic rings. The van der Waals surface area contributed by atoms with E-state index in [0.717, 1.165) is 43.4 Å². The van der Waals surface area contributed by atoms with Gasteiger partial charge in [0.1, 0.15) is 5.75 Å². The highest BCUT2D eigenvalue weighted by Crippen LogP contribution is 2.23. The van der Waals surface area contributed by atoms with Crippen molar-refractivity contribution in [2.24, 2.45) is 5.92 Å². The number of nitrogens with zero attached hydrogens (tertiary/aromatic N) is 3. The van der Waals surface area contributed by atoms with Crippen molar-refractivity contribution in [2.75, 3.05) is 40.3 Å². The summed E-state index contributed by atoms with van der Waals surface area (Å²) in [4.78, 5) is 5.09. The first-order valence-corrected chi connectivity index (χ1v) is 11.3. The normalized spacial score (nSPS) is 17.2. The van der Waals surface area contributed by atoms with Crippen LogP contribution in [0.2, 0.25) is 0 Å². The number of nitrogens with one attached hydrogen (secondary N) is 1. The Kier molecular flexibility index (Phi) is 7.39. The summed E-state index contributed by atoms with van der Waals surface area (Å²) < 4.78 is 5.26. The molecule has 1 fully saturated rings. The van der Waals surface area contributed by atoms with Crippen molar-refractivity contribution in [3.05, 3.63) is 71.9 Å². The molecule has 0 bridgehead atoms. The molecule has 0 radical (unpaired) electrons. The molecule has 4 rings (SSSR count). The van der Waals surface area contributed by atoms with Gasteiger partial charge in [0, 0.05) is 31.7 Å². The lowest BCUT2D eigenvalue weighted by Crippen LogP contribution is -2.40. The Labute approximate surface area is 186 Å². The third-order valence-electron chi connectivity index (χ3n) is 6.27. The number of piperidine rings is 1. The molecule has 2 heterocycles. The maximum absolute atomic E-state index is 5.26. The lowest BCUT2D eigenvalue weighted by Gasteiger charge is -2.34. The van der Waals surface area contributed by atoms with Gasteiger partial charge in [-0.2, -0.15) is 5.10 Å². The number of aromatic amines is 1. The predicted molar refractivity (Wildman–Crippen MR) is 126 cm³/mol. The van der Waals surface area contributed by atoms with Gasteiger partial charge >= 0.3 is 0 Å². The number of rotatable bonds is 9. The van der Waals surface area contributed by atoms with Crippen molar-refractivity contribution in [3.8, 4) is 17.0 Å². The highest BCUT2D eigenvalue weighted by molar-refractivity contribution is 5.62. The fourth-order valence-corrected chi connectivity index (χ4v) is 4.66. The number of aromatic nitrogens is 2. The first-order chi connectivity index (χ1) is 15.2. The molecule has 0 aliphatic carbocycles. The molecule has 5 nitrogen and oxygen atoms in total. The van der Waals surface area contributed by atoms with Crippen LogP contribution in [-0.4, -0.2) is 60.3 Å². The predicted octanol–water partition coefficient (Wildman–Crippen LogP) is 4.47. The zero-order valence-corrected chi connectivity index (χ0v) is 18.8. The standard InChI is InChI=1S/C26H34N4O/c1-29(20-24-17-27-28-26(24)23-8-4-3-5-9-23)18-22-7-6-15-30(19-22)16-14-21-10-12-25(31-2)13-11-21/h3-5,8-13,17,22H,6-7,14-16,18-20H2,1-2H3,(H,27,28)/t22-/m0/s1. The third kappa shape index (κ3) is 5.96. The number of H-pyrrole nitrogens is 1. The van der Waals surface area contributed by atoms with Crippen LogP contribution in [0.1, 0.15) is 24.0 Å². The molecule has 1 aliphatic rings. The number of likely N-dealkylation sites (tertiary alicyclic amines) is 1. The fourth-order valence-electron chi connectivity index (χ4n) is 4.66. The topological polar surface area (TPSA) is 44.4 Å². The summed E-state index contributed by atoms with van der Waals surface area (Å²) in [6.45, 7) is 5.58. The molecule has 2 aromatic carbocycles. The van der Waals surface area contributed by atoms with Crippen LogP contribution < -0.4 is 4.74 Å². The van der Waals surface area contributed by atoms with Crippen LogP contribution in [-0.2, 0) is 13.0 Å². The van der Waals surface area contributed by atoms with E-state index in [-0.39, 0.29) is 0 Å². The second kappa shape index (κ2) is 10.6. The first-order valence-electron chi connectivity index (χ1n) is 11.3. The Hall–Kier alpha value is -2.63. The van der Waals surface area contributed by atoms with Crippen LogP contribution in [0.3, 0.4) is 0 Å². The van der Waals surface area contributed by atoms with Crippen molar-refractivity contribution in [1.29, 1.82) is 0 Å². The average Bonchev–Trinajstić information content (AvgIpc) is 3.27. The summed E-state index contributed by atoms with van der Waals surface area (Å²) in [6.07, 6.45) is 5.69. The minimum Gasteiger partial charge on any atom is -0.497 e. The average molecular weight is 419 g/mol. The third-order valence-corrected chi connectivity index (χ3v) is 6.27. The van der Waals surface area contributed by atoms with E-state index in [4.69, 9.17) is 4.74 Å². The van der Waals surface area contributed by atoms with Crippen LogP contribution in [0.4, 0.5) is 0 Å². The van der Waals surface area contributed by atoms with Crippen LogP contribution in [0.25, 0.3) is 11.3 Å². The van der Waals surface area contributed by atoms with Crippen molar-refractivity contribution in [3.63, 3.8) is 0 Å². The molecule has 0 amide bonds. The Morgan fingerprint density at radius 1 is 1.13 bits per heavy atom. The van der Waals surface area contributed by atoms with Gasteiger partial charge in [-0.3, -0.25) is 5.10 Å². The van der Waals surface area contributed by atoms with Crippen molar-refractivity contribution in [2.45, 2.75) is 25.8 Å². The zero-order chi connectivity index (χ0) is 21.5. The molecule has 0 unspecified atom stereocenters. The highest BCUT2D eigenvalue weighted by atomic mass is 16.5. The molecule has 0 spiro atoms. The second-order valence-corrected chi connectivity index (χ2v) is 8.74. The largest absolute Gasteiger partial charge is 0.497 e. The molecule has 31 heavy (non-hydrogen) atoms. The molecule has 1 aromatic heterocycles. The molecule has 5 heteroatoms. The van der Waals surface area contributed by atoms with E-state index in [1.807, 2.05) is 6.20 Å². The number of benzene rings is 2. The molecule has 1 N–H and O–H groups in total. The summed E-state index contributed by atoms with van der Waals surface area (Å²) in [5.74, 6) is 1.65. The zero-order valence-electron chi connectivity index (χ0n) is 18.8. The second-order valence-electron chi connectivity index (χ2n) is 8.74. The van der Waals surface area contributed by atoms with Gasteiger partial charge in [0.25, 0.3) is 0 Å². The number of hydrogen-bond acceptors (Lipinski definition) is 4. The van der Waals surface area contributed by atoms with E-state index in [0.29, 0.717) is 0 Å². The minimum absolute atomic E-state index is 0.724. The summed E-state index contributed by atoms with van der Waals surface area (Å²) in [7, 11) is 3.95. The van der Waals surface area contributed by atoms with Crippen molar-refractivity contribution >= 4 is 0 Å². The van der Waals surface area contributed by atoms with Gasteiger partial charge in [0.15, 0.2) is 0 Å². The number of ether oxygens (including phenoxy) is 1. The molecular formula is C26H34N4O. The summed E-state index contributed by atoms with van der Waals surface area (Å²) in [5.41, 5.74) is 4.98. The highest BCUT2D eigenvalue weighted by Gasteiger charge is 2.21. The lowest BCUT2D eigenvalue weighted by molar-refractivity contribution is 0.142. The molecule has 0 saturated carbocycles. The van der Waals surface area contributed by atoms with Gasteiger partial charge < -0.3 is 14.5 Å². The minimum atomic E-state index is 0.724. The van der Waals surface area contributed by atoms with Crippen LogP contribution in [0, 0.1) is 5.92 Å². The van der Waals surface area contributed by atoms with Crippen molar-refractivity contribution in [1.82, 2.24) is 20.0 Å². The molecule has 164 valence electrons. The van der Waals surface area contributed by atoms with E-state index in [1.54, 1.807) is 7.11 Å². The Morgan fingerprint density at radius 2 is 1.94 bits per heavy atom. The Bertz CT molecular complexity index is 922. The van der Waals surface area contributed by atoms with Gasteiger partial charge in [0.05, 0.1) is 19.0 Å². The quantitative estimate of drug-likeness (QED) is 0.557. The van der Waals surface area contributed by atoms with Gasteiger partial charge in [-0.15, -0.1) is 0 Å². The molecule has 1 aliphatic heterocycles. The Balaban J connectivity index is 1.27. The lowest BCUT2D eigenvalue weighted by atomic mass is 9.96. The van der Waals surface area contributed by atoms with Crippen LogP contribution in [0.5, 0.6) is 5.75 Å². The van der Waals surface area contributed by atoms with Gasteiger partial charge in [-0.1, -0.05) is 42.5 Å². The van der Waals surface area contributed by atoms with E-state index >= 15 is 0 Å². The van der Waals surface area contributed by atoms with E-state index < -0.39 is 0 Å². The van der Waals surface area contributed by atoms with Crippen LogP contribution in [0.15, 0.2) is 60.8 Å². The molecule has 1 atom stereocenters. The van der Waals surface area contributed by atoms with Crippen molar-refractivity contribution < 1.29 is 4.74 Å². The van der Waals surface area contributed by atoms with Crippen LogP contribution >= 0.6 is 0 Å². The molecule has 1 saturated heterocycles. The maximum atomic E-state index is 5.26.